The van der Waals surface area contributed by atoms with Crippen LogP contribution in [-0.2, 0) is 0 Å². The molecule has 0 aliphatic heterocycles. The first-order chi connectivity index (χ1) is 5.95. The first kappa shape index (κ1) is 6.84. The van der Waals surface area contributed by atoms with Gasteiger partial charge >= 0.3 is 6.08 Å². The molecule has 0 aliphatic rings. The van der Waals surface area contributed by atoms with Crippen LogP contribution in [0.5, 0.6) is 11.8 Å². The van der Waals surface area contributed by atoms with Gasteiger partial charge in [-0.1, -0.05) is 23.3 Å². The van der Waals surface area contributed by atoms with Gasteiger partial charge in [0.2, 0.25) is 6.39 Å². The topological polar surface area (TPSA) is 48.2 Å². The lowest BCUT2D eigenvalue weighted by molar-refractivity contribution is 0.330. The predicted octanol–water partition coefficient (Wildman–Crippen LogP) is 1.86. The van der Waals surface area contributed by atoms with E-state index in [-0.39, 0.29) is 6.08 Å². The fraction of sp³-hybridized carbons (Fsp3) is 0. The van der Waals surface area contributed by atoms with Gasteiger partial charge in [-0.25, -0.2) is 0 Å². The molecule has 0 fully saturated rings. The van der Waals surface area contributed by atoms with Gasteiger partial charge in [-0.2, -0.15) is 0 Å². The van der Waals surface area contributed by atoms with Gasteiger partial charge in [0, 0.05) is 0 Å². The third-order valence-electron chi connectivity index (χ3n) is 1.29. The number of benzene rings is 1. The van der Waals surface area contributed by atoms with Crippen molar-refractivity contribution in [2.75, 3.05) is 0 Å². The Kier molecular flexibility index (Phi) is 1.74. The minimum absolute atomic E-state index is 0.154. The van der Waals surface area contributed by atoms with Crippen LogP contribution in [0.15, 0.2) is 41.1 Å². The van der Waals surface area contributed by atoms with Crippen LogP contribution < -0.4 is 4.74 Å². The summed E-state index contributed by atoms with van der Waals surface area (Å²) >= 11 is 0. The molecule has 0 spiro atoms. The van der Waals surface area contributed by atoms with Crippen molar-refractivity contribution in [3.63, 3.8) is 0 Å². The Morgan fingerprint density at radius 3 is 2.67 bits per heavy atom. The molecular weight excluding hydrogens is 156 g/mol. The van der Waals surface area contributed by atoms with Crippen molar-refractivity contribution in [2.45, 2.75) is 0 Å². The summed E-state index contributed by atoms with van der Waals surface area (Å²) in [4.78, 5) is 0. The average molecular weight is 162 g/mol. The number of ether oxygens (including phenoxy) is 1. The van der Waals surface area contributed by atoms with Crippen molar-refractivity contribution < 1.29 is 9.15 Å². The van der Waals surface area contributed by atoms with Crippen LogP contribution in [0.1, 0.15) is 0 Å². The molecule has 0 saturated carbocycles. The van der Waals surface area contributed by atoms with E-state index in [4.69, 9.17) is 9.15 Å². The molecule has 0 bridgehead atoms. The molecule has 0 unspecified atom stereocenters. The second kappa shape index (κ2) is 3.04. The summed E-state index contributed by atoms with van der Waals surface area (Å²) in [7, 11) is 0. The predicted molar refractivity (Wildman–Crippen MR) is 40.8 cm³/mol. The lowest BCUT2D eigenvalue weighted by Crippen LogP contribution is -1.82. The minimum atomic E-state index is 0.154. The minimum Gasteiger partial charge on any atom is -0.410 e. The summed E-state index contributed by atoms with van der Waals surface area (Å²) in [6.45, 7) is 0. The molecule has 4 heteroatoms. The molecule has 2 aromatic rings. The summed E-state index contributed by atoms with van der Waals surface area (Å²) in [6, 6.07) is 9.26. The molecule has 2 rings (SSSR count). The van der Waals surface area contributed by atoms with E-state index < -0.39 is 0 Å². The molecule has 0 radical (unpaired) electrons. The van der Waals surface area contributed by atoms with Crippen LogP contribution >= 0.6 is 0 Å². The number of rotatable bonds is 2. The van der Waals surface area contributed by atoms with Crippen molar-refractivity contribution in [1.82, 2.24) is 10.2 Å². The van der Waals surface area contributed by atoms with Crippen LogP contribution in [0.2, 0.25) is 0 Å². The second-order valence-corrected chi connectivity index (χ2v) is 2.12. The highest BCUT2D eigenvalue weighted by atomic mass is 16.6. The zero-order valence-corrected chi connectivity index (χ0v) is 6.18. The Bertz CT molecular complexity index is 331. The molecule has 1 aromatic heterocycles. The standard InChI is InChI=1S/C8H6N2O2/c1-2-4-7(5-3-1)12-8-10-9-6-11-8/h1-6H. The number of nitrogens with zero attached hydrogens (tertiary/aromatic N) is 2. The van der Waals surface area contributed by atoms with Crippen LogP contribution in [0, 0.1) is 0 Å². The molecule has 1 aromatic carbocycles. The molecule has 0 saturated heterocycles. The second-order valence-electron chi connectivity index (χ2n) is 2.12. The number of para-hydroxylation sites is 1. The van der Waals surface area contributed by atoms with Crippen molar-refractivity contribution in [3.05, 3.63) is 36.7 Å². The summed E-state index contributed by atoms with van der Waals surface area (Å²) in [5.74, 6) is 0.682. The first-order valence-corrected chi connectivity index (χ1v) is 3.44. The quantitative estimate of drug-likeness (QED) is 0.676. The Morgan fingerprint density at radius 2 is 2.00 bits per heavy atom. The summed E-state index contributed by atoms with van der Waals surface area (Å²) in [5, 5.41) is 7.05. The van der Waals surface area contributed by atoms with Gasteiger partial charge in [-0.3, -0.25) is 0 Å². The zero-order valence-electron chi connectivity index (χ0n) is 6.18. The Balaban J connectivity index is 2.15. The molecule has 0 amide bonds. The Hall–Kier alpha value is -1.84. The van der Waals surface area contributed by atoms with E-state index in [1.807, 2.05) is 30.3 Å². The molecule has 4 nitrogen and oxygen atoms in total. The lowest BCUT2D eigenvalue weighted by atomic mass is 10.3. The Morgan fingerprint density at radius 1 is 1.17 bits per heavy atom. The molecule has 0 atom stereocenters. The number of hydrogen-bond donors (Lipinski definition) is 0. The summed E-state index contributed by atoms with van der Waals surface area (Å²) in [6.07, 6.45) is 1.37. The first-order valence-electron chi connectivity index (χ1n) is 3.44. The van der Waals surface area contributed by atoms with Gasteiger partial charge in [-0.15, -0.1) is 5.10 Å². The summed E-state index contributed by atoms with van der Waals surface area (Å²) in [5.41, 5.74) is 0. The van der Waals surface area contributed by atoms with Gasteiger partial charge in [-0.05, 0) is 12.1 Å². The maximum atomic E-state index is 5.18. The third kappa shape index (κ3) is 1.42. The van der Waals surface area contributed by atoms with Crippen LogP contribution in [0.25, 0.3) is 0 Å². The largest absolute Gasteiger partial charge is 0.420 e. The third-order valence-corrected chi connectivity index (χ3v) is 1.29. The summed E-state index contributed by atoms with van der Waals surface area (Å²) < 4.78 is 9.97. The van der Waals surface area contributed by atoms with E-state index in [0.717, 1.165) is 0 Å². The van der Waals surface area contributed by atoms with Gasteiger partial charge in [0.15, 0.2) is 0 Å². The van der Waals surface area contributed by atoms with Crippen molar-refractivity contribution in [1.29, 1.82) is 0 Å². The van der Waals surface area contributed by atoms with Crippen molar-refractivity contribution >= 4 is 0 Å². The van der Waals surface area contributed by atoms with Crippen LogP contribution in [-0.4, -0.2) is 10.2 Å². The molecule has 60 valence electrons. The smallest absolute Gasteiger partial charge is 0.410 e. The number of hydrogen-bond acceptors (Lipinski definition) is 4. The van der Waals surface area contributed by atoms with Crippen molar-refractivity contribution in [3.8, 4) is 11.8 Å². The fourth-order valence-electron chi connectivity index (χ4n) is 0.797. The van der Waals surface area contributed by atoms with E-state index in [0.29, 0.717) is 5.75 Å². The molecule has 0 N–H and O–H groups in total. The van der Waals surface area contributed by atoms with E-state index in [1.165, 1.54) is 6.39 Å². The van der Waals surface area contributed by atoms with Gasteiger partial charge < -0.3 is 9.15 Å². The number of aromatic nitrogens is 2. The molecule has 1 heterocycles. The fourth-order valence-corrected chi connectivity index (χ4v) is 0.797. The van der Waals surface area contributed by atoms with E-state index in [1.54, 1.807) is 0 Å². The highest BCUT2D eigenvalue weighted by Crippen LogP contribution is 2.16. The monoisotopic (exact) mass is 162 g/mol. The highest BCUT2D eigenvalue weighted by Gasteiger charge is 1.99. The van der Waals surface area contributed by atoms with Gasteiger partial charge in [0.05, 0.1) is 0 Å². The highest BCUT2D eigenvalue weighted by molar-refractivity contribution is 5.23. The maximum Gasteiger partial charge on any atom is 0.420 e. The van der Waals surface area contributed by atoms with E-state index in [2.05, 4.69) is 10.2 Å². The Labute approximate surface area is 68.8 Å². The van der Waals surface area contributed by atoms with E-state index >= 15 is 0 Å². The lowest BCUT2D eigenvalue weighted by Gasteiger charge is -1.96. The molecule has 12 heavy (non-hydrogen) atoms. The van der Waals surface area contributed by atoms with Crippen molar-refractivity contribution in [2.24, 2.45) is 0 Å². The zero-order chi connectivity index (χ0) is 8.23. The SMILES string of the molecule is c1ccc(Oc2nnco2)cc1. The van der Waals surface area contributed by atoms with Crippen LogP contribution in [0.4, 0.5) is 0 Å². The van der Waals surface area contributed by atoms with E-state index in [9.17, 15) is 0 Å². The van der Waals surface area contributed by atoms with Gasteiger partial charge in [0.1, 0.15) is 5.75 Å². The average Bonchev–Trinajstić information content (AvgIpc) is 2.59. The molecular formula is C8H6N2O2. The maximum absolute atomic E-state index is 5.18. The normalized spacial score (nSPS) is 9.67. The van der Waals surface area contributed by atoms with Crippen LogP contribution in [0.3, 0.4) is 0 Å². The molecule has 0 aliphatic carbocycles. The van der Waals surface area contributed by atoms with Gasteiger partial charge in [0.25, 0.3) is 0 Å².